The van der Waals surface area contributed by atoms with Gasteiger partial charge in [0.05, 0.1) is 5.69 Å². The zero-order chi connectivity index (χ0) is 15.2. The van der Waals surface area contributed by atoms with Crippen LogP contribution in [0, 0.1) is 5.92 Å². The van der Waals surface area contributed by atoms with Crippen molar-refractivity contribution in [3.8, 4) is 0 Å². The molecule has 2 N–H and O–H groups in total. The Kier molecular flexibility index (Phi) is 6.42. The Balaban J connectivity index is 2.83. The Morgan fingerprint density at radius 3 is 2.55 bits per heavy atom. The van der Waals surface area contributed by atoms with Gasteiger partial charge in [0.25, 0.3) is 0 Å². The van der Waals surface area contributed by atoms with E-state index in [1.54, 1.807) is 12.3 Å². The summed E-state index contributed by atoms with van der Waals surface area (Å²) in [6, 6.07) is 1.59. The number of pyridine rings is 1. The lowest BCUT2D eigenvalue weighted by molar-refractivity contribution is 0.485. The number of anilines is 1. The normalized spacial score (nSPS) is 13.4. The minimum Gasteiger partial charge on any atom is -0.384 e. The lowest BCUT2D eigenvalue weighted by Gasteiger charge is -2.17. The largest absolute Gasteiger partial charge is 0.384 e. The molecule has 6 heteroatoms. The molecule has 0 aromatic carbocycles. The highest BCUT2D eigenvalue weighted by Crippen LogP contribution is 2.20. The molecule has 1 atom stereocenters. The molecule has 1 rings (SSSR count). The van der Waals surface area contributed by atoms with Gasteiger partial charge in [0, 0.05) is 25.0 Å². The van der Waals surface area contributed by atoms with Crippen LogP contribution in [-0.2, 0) is 10.0 Å². The maximum Gasteiger partial charge on any atom is 0.244 e. The molecule has 0 saturated carbocycles. The molecule has 0 aliphatic carbocycles. The van der Waals surface area contributed by atoms with E-state index in [9.17, 15) is 8.42 Å². The van der Waals surface area contributed by atoms with Crippen molar-refractivity contribution < 1.29 is 8.42 Å². The van der Waals surface area contributed by atoms with Gasteiger partial charge in [-0.2, -0.15) is 0 Å². The van der Waals surface area contributed by atoms with E-state index in [0.717, 1.165) is 12.8 Å². The van der Waals surface area contributed by atoms with E-state index in [-0.39, 0.29) is 10.9 Å². The van der Waals surface area contributed by atoms with Crippen LogP contribution in [-0.4, -0.2) is 26.0 Å². The average molecular weight is 299 g/mol. The summed E-state index contributed by atoms with van der Waals surface area (Å²) in [7, 11) is -3.54. The molecule has 0 amide bonds. The smallest absolute Gasteiger partial charge is 0.244 e. The third-order valence-electron chi connectivity index (χ3n) is 2.97. The van der Waals surface area contributed by atoms with Crippen molar-refractivity contribution >= 4 is 15.7 Å². The van der Waals surface area contributed by atoms with Crippen LogP contribution in [0.15, 0.2) is 23.4 Å². The van der Waals surface area contributed by atoms with Crippen molar-refractivity contribution in [2.75, 3.05) is 11.9 Å². The van der Waals surface area contributed by atoms with E-state index in [4.69, 9.17) is 0 Å². The van der Waals surface area contributed by atoms with Gasteiger partial charge in [0.2, 0.25) is 10.0 Å². The molecule has 5 nitrogen and oxygen atoms in total. The highest BCUT2D eigenvalue weighted by molar-refractivity contribution is 7.89. The predicted octanol–water partition coefficient (Wildman–Crippen LogP) is 2.62. The summed E-state index contributed by atoms with van der Waals surface area (Å²) in [5, 5.41) is 3.05. The van der Waals surface area contributed by atoms with E-state index in [0.29, 0.717) is 18.2 Å². The summed E-state index contributed by atoms with van der Waals surface area (Å²) in [5.74, 6) is 0.567. The van der Waals surface area contributed by atoms with Gasteiger partial charge in [-0.15, -0.1) is 0 Å². The first kappa shape index (κ1) is 16.9. The zero-order valence-electron chi connectivity index (χ0n) is 12.7. The molecule has 20 heavy (non-hydrogen) atoms. The summed E-state index contributed by atoms with van der Waals surface area (Å²) in [4.78, 5) is 4.12. The van der Waals surface area contributed by atoms with Gasteiger partial charge in [-0.1, -0.05) is 13.8 Å². The lowest BCUT2D eigenvalue weighted by Crippen LogP contribution is -2.33. The van der Waals surface area contributed by atoms with Gasteiger partial charge in [-0.05, 0) is 38.7 Å². The molecular formula is C14H25N3O2S. The van der Waals surface area contributed by atoms with Gasteiger partial charge in [-0.25, -0.2) is 13.1 Å². The van der Waals surface area contributed by atoms with Crippen LogP contribution in [0.3, 0.4) is 0 Å². The summed E-state index contributed by atoms with van der Waals surface area (Å²) in [5.41, 5.74) is 0.589. The number of nitrogens with one attached hydrogen (secondary N) is 2. The van der Waals surface area contributed by atoms with E-state index in [1.165, 1.54) is 6.20 Å². The van der Waals surface area contributed by atoms with Gasteiger partial charge in [0.1, 0.15) is 4.90 Å². The predicted molar refractivity (Wildman–Crippen MR) is 82.3 cm³/mol. The first-order valence-corrected chi connectivity index (χ1v) is 8.55. The molecule has 0 spiro atoms. The van der Waals surface area contributed by atoms with Gasteiger partial charge < -0.3 is 5.32 Å². The summed E-state index contributed by atoms with van der Waals surface area (Å²) in [6.45, 7) is 8.74. The number of nitrogens with zero attached hydrogens (tertiary/aromatic N) is 1. The Labute approximate surface area is 122 Å². The second-order valence-corrected chi connectivity index (χ2v) is 7.08. The maximum atomic E-state index is 12.4. The molecule has 0 fully saturated rings. The van der Waals surface area contributed by atoms with Gasteiger partial charge in [-0.3, -0.25) is 4.98 Å². The van der Waals surface area contributed by atoms with Crippen LogP contribution in [0.5, 0.6) is 0 Å². The maximum absolute atomic E-state index is 12.4. The van der Waals surface area contributed by atoms with Crippen LogP contribution in [0.2, 0.25) is 0 Å². The molecule has 1 aromatic heterocycles. The number of sulfonamides is 1. The van der Waals surface area contributed by atoms with Crippen molar-refractivity contribution in [3.05, 3.63) is 18.5 Å². The first-order chi connectivity index (χ1) is 9.36. The van der Waals surface area contributed by atoms with E-state index in [2.05, 4.69) is 28.9 Å². The molecule has 0 aliphatic heterocycles. The molecule has 1 aromatic rings. The highest BCUT2D eigenvalue weighted by atomic mass is 32.2. The Morgan fingerprint density at radius 1 is 1.25 bits per heavy atom. The summed E-state index contributed by atoms with van der Waals surface area (Å²) in [6.07, 6.45) is 4.79. The van der Waals surface area contributed by atoms with Crippen LogP contribution in [0.4, 0.5) is 5.69 Å². The Hall–Kier alpha value is -1.14. The fourth-order valence-corrected chi connectivity index (χ4v) is 3.31. The summed E-state index contributed by atoms with van der Waals surface area (Å²) >= 11 is 0. The van der Waals surface area contributed by atoms with Crippen LogP contribution in [0.1, 0.15) is 40.5 Å². The molecule has 0 saturated heterocycles. The minimum absolute atomic E-state index is 0.0860. The SMILES string of the molecule is CCNc1ccncc1S(=O)(=O)NC(C)CCC(C)C. The monoisotopic (exact) mass is 299 g/mol. The third-order valence-corrected chi connectivity index (χ3v) is 4.59. The molecule has 0 bridgehead atoms. The quantitative estimate of drug-likeness (QED) is 0.774. The Morgan fingerprint density at radius 2 is 1.95 bits per heavy atom. The van der Waals surface area contributed by atoms with Crippen molar-refractivity contribution in [3.63, 3.8) is 0 Å². The number of hydrogen-bond donors (Lipinski definition) is 2. The van der Waals surface area contributed by atoms with E-state index in [1.807, 2.05) is 13.8 Å². The molecule has 0 radical (unpaired) electrons. The number of aromatic nitrogens is 1. The molecular weight excluding hydrogens is 274 g/mol. The van der Waals surface area contributed by atoms with Crippen molar-refractivity contribution in [1.82, 2.24) is 9.71 Å². The zero-order valence-corrected chi connectivity index (χ0v) is 13.5. The molecule has 1 heterocycles. The Bertz CT molecular complexity index is 515. The topological polar surface area (TPSA) is 71.1 Å². The van der Waals surface area contributed by atoms with Crippen molar-refractivity contribution in [2.24, 2.45) is 5.92 Å². The molecule has 1 unspecified atom stereocenters. The van der Waals surface area contributed by atoms with Crippen LogP contribution in [0.25, 0.3) is 0 Å². The lowest BCUT2D eigenvalue weighted by atomic mass is 10.1. The van der Waals surface area contributed by atoms with E-state index < -0.39 is 10.0 Å². The van der Waals surface area contributed by atoms with Crippen LogP contribution < -0.4 is 10.0 Å². The number of hydrogen-bond acceptors (Lipinski definition) is 4. The van der Waals surface area contributed by atoms with E-state index >= 15 is 0 Å². The molecule has 114 valence electrons. The minimum atomic E-state index is -3.54. The summed E-state index contributed by atoms with van der Waals surface area (Å²) < 4.78 is 27.5. The first-order valence-electron chi connectivity index (χ1n) is 7.07. The van der Waals surface area contributed by atoms with Crippen molar-refractivity contribution in [2.45, 2.75) is 51.5 Å². The fraction of sp³-hybridized carbons (Fsp3) is 0.643. The third kappa shape index (κ3) is 5.09. The van der Waals surface area contributed by atoms with Gasteiger partial charge >= 0.3 is 0 Å². The molecule has 0 aliphatic rings. The second kappa shape index (κ2) is 7.59. The average Bonchev–Trinajstić information content (AvgIpc) is 2.37. The van der Waals surface area contributed by atoms with Crippen LogP contribution >= 0.6 is 0 Å². The second-order valence-electron chi connectivity index (χ2n) is 5.40. The number of rotatable bonds is 8. The standard InChI is InChI=1S/C14H25N3O2S/c1-5-16-13-8-9-15-10-14(13)20(18,19)17-12(4)7-6-11(2)3/h8-12,17H,5-7H2,1-4H3,(H,15,16). The van der Waals surface area contributed by atoms with Crippen molar-refractivity contribution in [1.29, 1.82) is 0 Å². The van der Waals surface area contributed by atoms with Gasteiger partial charge in [0.15, 0.2) is 0 Å². The highest BCUT2D eigenvalue weighted by Gasteiger charge is 2.21. The fourth-order valence-electron chi connectivity index (χ4n) is 1.90.